The van der Waals surface area contributed by atoms with Gasteiger partial charge in [-0.3, -0.25) is 0 Å². The summed E-state index contributed by atoms with van der Waals surface area (Å²) in [6.45, 7) is 15.9. The van der Waals surface area contributed by atoms with Gasteiger partial charge in [-0.2, -0.15) is 0 Å². The molecule has 0 radical (unpaired) electrons. The second-order valence-corrected chi connectivity index (χ2v) is 3.72. The van der Waals surface area contributed by atoms with Crippen LogP contribution in [0.1, 0.15) is 40.2 Å². The average Bonchev–Trinajstić information content (AvgIpc) is 2.42. The van der Waals surface area contributed by atoms with Gasteiger partial charge in [0.1, 0.15) is 0 Å². The molecule has 0 heterocycles. The predicted molar refractivity (Wildman–Crippen MR) is 85.9 cm³/mol. The van der Waals surface area contributed by atoms with Gasteiger partial charge in [-0.05, 0) is 38.8 Å². The van der Waals surface area contributed by atoms with Gasteiger partial charge in [0.2, 0.25) is 0 Å². The van der Waals surface area contributed by atoms with E-state index in [0.717, 1.165) is 0 Å². The Morgan fingerprint density at radius 1 is 1.00 bits per heavy atom. The molecule has 0 amide bonds. The highest BCUT2D eigenvalue weighted by molar-refractivity contribution is 5.28. The molecule has 0 aliphatic carbocycles. The van der Waals surface area contributed by atoms with Crippen molar-refractivity contribution < 1.29 is 0 Å². The van der Waals surface area contributed by atoms with Crippen molar-refractivity contribution in [3.05, 3.63) is 71.8 Å². The van der Waals surface area contributed by atoms with Crippen LogP contribution in [0.4, 0.5) is 0 Å². The molecule has 0 N–H and O–H groups in total. The van der Waals surface area contributed by atoms with E-state index >= 15 is 0 Å². The van der Waals surface area contributed by atoms with Crippen LogP contribution in [-0.4, -0.2) is 0 Å². The van der Waals surface area contributed by atoms with Gasteiger partial charge in [-0.1, -0.05) is 74.5 Å². The van der Waals surface area contributed by atoms with Gasteiger partial charge in [-0.15, -0.1) is 0 Å². The second kappa shape index (κ2) is 13.5. The maximum Gasteiger partial charge on any atom is -0.0395 e. The molecule has 0 spiro atoms. The smallest absolute Gasteiger partial charge is 0.0395 e. The molecule has 0 aromatic heterocycles. The first-order valence-corrected chi connectivity index (χ1v) is 6.56. The summed E-state index contributed by atoms with van der Waals surface area (Å²) < 4.78 is 0. The minimum atomic E-state index is 1.24. The van der Waals surface area contributed by atoms with Gasteiger partial charge in [-0.25, -0.2) is 0 Å². The van der Waals surface area contributed by atoms with E-state index in [2.05, 4.69) is 45.6 Å². The van der Waals surface area contributed by atoms with Crippen LogP contribution in [0.15, 0.2) is 66.3 Å². The molecule has 0 aliphatic heterocycles. The van der Waals surface area contributed by atoms with Gasteiger partial charge in [0.05, 0.1) is 0 Å². The van der Waals surface area contributed by atoms with Gasteiger partial charge < -0.3 is 0 Å². The van der Waals surface area contributed by atoms with Crippen molar-refractivity contribution in [1.29, 1.82) is 0 Å². The number of allylic oxidation sites excluding steroid dienone is 5. The number of hydrogen-bond donors (Lipinski definition) is 0. The van der Waals surface area contributed by atoms with Crippen molar-refractivity contribution >= 4 is 0 Å². The molecule has 1 aromatic rings. The van der Waals surface area contributed by atoms with Gasteiger partial charge in [0, 0.05) is 0 Å². The van der Waals surface area contributed by atoms with E-state index in [0.29, 0.717) is 0 Å². The van der Waals surface area contributed by atoms with Crippen LogP contribution in [0.25, 0.3) is 0 Å². The maximum absolute atomic E-state index is 3.67. The molecule has 1 rings (SSSR count). The Bertz CT molecular complexity index is 353. The van der Waals surface area contributed by atoms with Crippen molar-refractivity contribution in [1.82, 2.24) is 0 Å². The predicted octanol–water partition coefficient (Wildman–Crippen LogP) is 6.11. The van der Waals surface area contributed by atoms with E-state index in [9.17, 15) is 0 Å². The lowest BCUT2D eigenvalue weighted by molar-refractivity contribution is 1.37. The second-order valence-electron chi connectivity index (χ2n) is 3.72. The lowest BCUT2D eigenvalue weighted by Gasteiger charge is -1.93. The van der Waals surface area contributed by atoms with Crippen LogP contribution in [0.2, 0.25) is 0 Å². The van der Waals surface area contributed by atoms with Crippen LogP contribution >= 0.6 is 0 Å². The largest absolute Gasteiger partial charge is 0.0988 e. The van der Waals surface area contributed by atoms with Crippen molar-refractivity contribution in [3.63, 3.8) is 0 Å². The molecule has 0 atom stereocenters. The van der Waals surface area contributed by atoms with Crippen LogP contribution in [-0.2, 0) is 0 Å². The number of rotatable bonds is 2. The summed E-state index contributed by atoms with van der Waals surface area (Å²) in [5, 5.41) is 0. The normalized spacial score (nSPS) is 10.6. The summed E-state index contributed by atoms with van der Waals surface area (Å²) in [5.74, 6) is 0. The molecule has 1 aromatic carbocycles. The summed E-state index contributed by atoms with van der Waals surface area (Å²) in [4.78, 5) is 0. The van der Waals surface area contributed by atoms with Crippen molar-refractivity contribution in [3.8, 4) is 0 Å². The average molecular weight is 244 g/mol. The van der Waals surface area contributed by atoms with Crippen molar-refractivity contribution in [2.45, 2.75) is 41.5 Å². The third kappa shape index (κ3) is 10.9. The molecule has 0 heteroatoms. The summed E-state index contributed by atoms with van der Waals surface area (Å²) in [6.07, 6.45) is 5.98. The number of aryl methyl sites for hydroxylation is 1. The molecule has 0 aliphatic rings. The minimum absolute atomic E-state index is 1.24. The molecule has 0 saturated heterocycles. The Morgan fingerprint density at radius 2 is 1.50 bits per heavy atom. The molecule has 0 nitrogen and oxygen atoms in total. The fourth-order valence-electron chi connectivity index (χ4n) is 1.08. The van der Waals surface area contributed by atoms with E-state index in [1.165, 1.54) is 16.7 Å². The third-order valence-electron chi connectivity index (χ3n) is 2.29. The first-order chi connectivity index (χ1) is 8.61. The fourth-order valence-corrected chi connectivity index (χ4v) is 1.08. The highest BCUT2D eigenvalue weighted by Gasteiger charge is 1.83. The molecule has 100 valence electrons. The molecule has 0 unspecified atom stereocenters. The minimum Gasteiger partial charge on any atom is -0.0988 e. The molecular weight excluding hydrogens is 216 g/mol. The van der Waals surface area contributed by atoms with Gasteiger partial charge >= 0.3 is 0 Å². The summed E-state index contributed by atoms with van der Waals surface area (Å²) in [5.41, 5.74) is 3.85. The third-order valence-corrected chi connectivity index (χ3v) is 2.29. The monoisotopic (exact) mass is 244 g/mol. The highest BCUT2D eigenvalue weighted by atomic mass is 13.9. The maximum atomic E-state index is 3.67. The SMILES string of the molecule is C=C/C(C)=C(C)\C=C/C.CC.Cc1ccccc1. The number of benzene rings is 1. The fraction of sp³-hybridized carbons (Fsp3) is 0.333. The van der Waals surface area contributed by atoms with Crippen molar-refractivity contribution in [2.75, 3.05) is 0 Å². The van der Waals surface area contributed by atoms with Crippen LogP contribution in [0, 0.1) is 6.92 Å². The van der Waals surface area contributed by atoms with E-state index in [1.54, 1.807) is 0 Å². The Balaban J connectivity index is 0. The zero-order chi connectivity index (χ0) is 14.4. The lowest BCUT2D eigenvalue weighted by atomic mass is 10.1. The molecule has 0 fully saturated rings. The van der Waals surface area contributed by atoms with Crippen LogP contribution < -0.4 is 0 Å². The summed E-state index contributed by atoms with van der Waals surface area (Å²) >= 11 is 0. The Labute approximate surface area is 114 Å². The van der Waals surface area contributed by atoms with Gasteiger partial charge in [0.15, 0.2) is 0 Å². The van der Waals surface area contributed by atoms with E-state index in [4.69, 9.17) is 0 Å². The first-order valence-electron chi connectivity index (χ1n) is 6.56. The summed E-state index contributed by atoms with van der Waals surface area (Å²) in [6, 6.07) is 10.3. The number of hydrogen-bond acceptors (Lipinski definition) is 0. The van der Waals surface area contributed by atoms with Crippen LogP contribution in [0.3, 0.4) is 0 Å². The van der Waals surface area contributed by atoms with Crippen molar-refractivity contribution in [2.24, 2.45) is 0 Å². The van der Waals surface area contributed by atoms with E-state index < -0.39 is 0 Å². The Kier molecular flexibility index (Phi) is 14.1. The van der Waals surface area contributed by atoms with E-state index in [1.807, 2.05) is 51.1 Å². The Hall–Kier alpha value is -1.56. The summed E-state index contributed by atoms with van der Waals surface area (Å²) in [7, 11) is 0. The lowest BCUT2D eigenvalue weighted by Crippen LogP contribution is -1.73. The molecule has 18 heavy (non-hydrogen) atoms. The molecule has 0 saturated carbocycles. The Morgan fingerprint density at radius 3 is 1.78 bits per heavy atom. The molecular formula is C18H28. The topological polar surface area (TPSA) is 0 Å². The quantitative estimate of drug-likeness (QED) is 0.551. The van der Waals surface area contributed by atoms with E-state index in [-0.39, 0.29) is 0 Å². The first kappa shape index (κ1) is 18.8. The zero-order valence-corrected chi connectivity index (χ0v) is 12.8. The highest BCUT2D eigenvalue weighted by Crippen LogP contribution is 2.04. The van der Waals surface area contributed by atoms with Crippen LogP contribution in [0.5, 0.6) is 0 Å². The van der Waals surface area contributed by atoms with Gasteiger partial charge in [0.25, 0.3) is 0 Å². The molecule has 0 bridgehead atoms. The zero-order valence-electron chi connectivity index (χ0n) is 12.8. The standard InChI is InChI=1S/C9H14.C7H8.C2H6/c1-5-7-9(4)8(3)6-2;1-7-5-3-2-4-6-7;1-2/h5-7H,2H2,1,3-4H3;2-6H,1H3;1-2H3/b7-5-,9-8-;;.